The first-order valence-electron chi connectivity index (χ1n) is 18.1. The van der Waals surface area contributed by atoms with Crippen LogP contribution in [0, 0.1) is 5.41 Å². The number of hydrogen-bond donors (Lipinski definition) is 1. The lowest BCUT2D eigenvalue weighted by Crippen LogP contribution is -2.33. The van der Waals surface area contributed by atoms with Gasteiger partial charge in [-0.3, -0.25) is 0 Å². The SMILES string of the molecule is C=C(C)C(C)(C1=CCCC=C1)c1ccccc1.C=C(NCc1ccc(CC)cc1)C(C)(c1ccccc1)c1ccccc1.CCC(C)(C)C. The van der Waals surface area contributed by atoms with Crippen LogP contribution < -0.4 is 5.32 Å². The minimum Gasteiger partial charge on any atom is -0.384 e. The average molecular weight is 652 g/mol. The van der Waals surface area contributed by atoms with Crippen molar-refractivity contribution < 1.29 is 0 Å². The van der Waals surface area contributed by atoms with Crippen LogP contribution in [0.2, 0.25) is 0 Å². The Hall–Kier alpha value is -4.36. The Bertz CT molecular complexity index is 1590. The molecule has 1 heteroatoms. The molecule has 0 fully saturated rings. The highest BCUT2D eigenvalue weighted by Crippen LogP contribution is 2.40. The first-order valence-corrected chi connectivity index (χ1v) is 18.1. The van der Waals surface area contributed by atoms with E-state index in [2.05, 4.69) is 207 Å². The molecule has 1 nitrogen and oxygen atoms in total. The Morgan fingerprint density at radius 1 is 0.612 bits per heavy atom. The van der Waals surface area contributed by atoms with Crippen molar-refractivity contribution >= 4 is 0 Å². The summed E-state index contributed by atoms with van der Waals surface area (Å²) < 4.78 is 0. The molecule has 1 atom stereocenters. The summed E-state index contributed by atoms with van der Waals surface area (Å²) in [7, 11) is 0. The molecule has 4 aromatic carbocycles. The summed E-state index contributed by atoms with van der Waals surface area (Å²) in [5.74, 6) is 0. The number of nitrogens with one attached hydrogen (secondary N) is 1. The third-order valence-corrected chi connectivity index (χ3v) is 10.1. The van der Waals surface area contributed by atoms with Gasteiger partial charge >= 0.3 is 0 Å². The van der Waals surface area contributed by atoms with Gasteiger partial charge in [0.2, 0.25) is 0 Å². The Balaban J connectivity index is 0.000000242. The van der Waals surface area contributed by atoms with Gasteiger partial charge in [-0.2, -0.15) is 0 Å². The van der Waals surface area contributed by atoms with E-state index in [-0.39, 0.29) is 10.8 Å². The zero-order chi connectivity index (χ0) is 35.9. The highest BCUT2D eigenvalue weighted by atomic mass is 14.9. The molecule has 49 heavy (non-hydrogen) atoms. The van der Waals surface area contributed by atoms with Crippen molar-refractivity contribution in [1.29, 1.82) is 0 Å². The lowest BCUT2D eigenvalue weighted by molar-refractivity contribution is 0.398. The Labute approximate surface area is 299 Å². The molecule has 0 aliphatic heterocycles. The van der Waals surface area contributed by atoms with E-state index in [1.54, 1.807) is 0 Å². The minimum absolute atomic E-state index is 0.0574. The van der Waals surface area contributed by atoms with E-state index in [1.165, 1.54) is 45.4 Å². The minimum atomic E-state index is -0.286. The van der Waals surface area contributed by atoms with E-state index in [9.17, 15) is 0 Å². The number of allylic oxidation sites excluding steroid dienone is 6. The second kappa shape index (κ2) is 18.4. The molecule has 0 bridgehead atoms. The maximum absolute atomic E-state index is 4.42. The summed E-state index contributed by atoms with van der Waals surface area (Å²) in [5.41, 5.74) is 10.2. The molecule has 1 N–H and O–H groups in total. The van der Waals surface area contributed by atoms with Gasteiger partial charge in [0.25, 0.3) is 0 Å². The highest BCUT2D eigenvalue weighted by Gasteiger charge is 2.32. The predicted octanol–water partition coefficient (Wildman–Crippen LogP) is 13.1. The molecule has 5 rings (SSSR count). The van der Waals surface area contributed by atoms with E-state index in [4.69, 9.17) is 0 Å². The Morgan fingerprint density at radius 3 is 1.41 bits per heavy atom. The van der Waals surface area contributed by atoms with Gasteiger partial charge in [0.05, 0.1) is 5.41 Å². The third-order valence-electron chi connectivity index (χ3n) is 10.1. The molecule has 4 aromatic rings. The molecule has 258 valence electrons. The van der Waals surface area contributed by atoms with Crippen molar-refractivity contribution in [2.75, 3.05) is 0 Å². The standard InChI is InChI=1S/C25H27N.C17H20.C6H14/c1-4-21-15-17-22(18-16-21)19-26-20(2)25(3,23-11-7-5-8-12-23)24-13-9-6-10-14-24;1-14(2)17(3,15-10-6-4-7-11-15)16-12-8-5-9-13-16;1-5-6(2,3)4/h5-18,26H,2,4,19H2,1,3H3;4,6-8,10-13H,1,5,9H2,2-3H3;5H2,1-4H3. The van der Waals surface area contributed by atoms with Crippen LogP contribution >= 0.6 is 0 Å². The summed E-state index contributed by atoms with van der Waals surface area (Å²) in [6.07, 6.45) is 11.5. The second-order valence-electron chi connectivity index (χ2n) is 14.7. The van der Waals surface area contributed by atoms with Crippen LogP contribution in [0.4, 0.5) is 0 Å². The van der Waals surface area contributed by atoms with Gasteiger partial charge in [-0.1, -0.05) is 193 Å². The van der Waals surface area contributed by atoms with Crippen LogP contribution in [0.15, 0.2) is 163 Å². The molecule has 0 saturated heterocycles. The zero-order valence-electron chi connectivity index (χ0n) is 31.7. The lowest BCUT2D eigenvalue weighted by Gasteiger charge is -2.34. The van der Waals surface area contributed by atoms with E-state index in [1.807, 2.05) is 0 Å². The van der Waals surface area contributed by atoms with E-state index in [0.29, 0.717) is 5.41 Å². The molecule has 0 heterocycles. The topological polar surface area (TPSA) is 12.0 Å². The highest BCUT2D eigenvalue weighted by molar-refractivity contribution is 5.49. The number of aryl methyl sites for hydroxylation is 1. The number of rotatable bonds is 10. The maximum atomic E-state index is 4.42. The Morgan fingerprint density at radius 2 is 1.04 bits per heavy atom. The van der Waals surface area contributed by atoms with Crippen LogP contribution in [0.3, 0.4) is 0 Å². The van der Waals surface area contributed by atoms with Crippen molar-refractivity contribution in [3.8, 4) is 0 Å². The van der Waals surface area contributed by atoms with Crippen LogP contribution in [0.1, 0.15) is 102 Å². The monoisotopic (exact) mass is 651 g/mol. The zero-order valence-corrected chi connectivity index (χ0v) is 31.7. The van der Waals surface area contributed by atoms with Crippen molar-refractivity contribution in [3.63, 3.8) is 0 Å². The first kappa shape index (κ1) is 39.1. The van der Waals surface area contributed by atoms with Gasteiger partial charge in [-0.15, -0.1) is 0 Å². The molecule has 1 unspecified atom stereocenters. The van der Waals surface area contributed by atoms with Crippen molar-refractivity contribution in [2.24, 2.45) is 5.41 Å². The van der Waals surface area contributed by atoms with Gasteiger partial charge in [0, 0.05) is 17.7 Å². The average Bonchev–Trinajstić information content (AvgIpc) is 3.15. The molecule has 1 aliphatic rings. The van der Waals surface area contributed by atoms with Gasteiger partial charge in [0.1, 0.15) is 0 Å². The van der Waals surface area contributed by atoms with Crippen LogP contribution in [0.25, 0.3) is 0 Å². The van der Waals surface area contributed by atoms with Crippen LogP contribution in [-0.2, 0) is 23.8 Å². The van der Waals surface area contributed by atoms with Crippen molar-refractivity contribution in [3.05, 3.63) is 191 Å². The smallest absolute Gasteiger partial charge is 0.0564 e. The fourth-order valence-electron chi connectivity index (χ4n) is 5.75. The van der Waals surface area contributed by atoms with Gasteiger partial charge < -0.3 is 5.32 Å². The molecule has 0 radical (unpaired) electrons. The molecule has 0 amide bonds. The lowest BCUT2D eigenvalue weighted by atomic mass is 9.70. The van der Waals surface area contributed by atoms with E-state index < -0.39 is 0 Å². The molecular weight excluding hydrogens is 591 g/mol. The largest absolute Gasteiger partial charge is 0.384 e. The van der Waals surface area contributed by atoms with Gasteiger partial charge in [-0.05, 0) is 78.8 Å². The second-order valence-corrected chi connectivity index (χ2v) is 14.7. The molecular formula is C48H61N. The fraction of sp³-hybridized carbons (Fsp3) is 0.333. The number of hydrogen-bond acceptors (Lipinski definition) is 1. The van der Waals surface area contributed by atoms with Gasteiger partial charge in [-0.25, -0.2) is 0 Å². The molecule has 0 saturated carbocycles. The van der Waals surface area contributed by atoms with E-state index in [0.717, 1.165) is 31.5 Å². The maximum Gasteiger partial charge on any atom is 0.0564 e. The predicted molar refractivity (Wildman–Crippen MR) is 216 cm³/mol. The summed E-state index contributed by atoms with van der Waals surface area (Å²) in [4.78, 5) is 0. The van der Waals surface area contributed by atoms with E-state index >= 15 is 0 Å². The third kappa shape index (κ3) is 10.8. The van der Waals surface area contributed by atoms with Crippen LogP contribution in [-0.4, -0.2) is 0 Å². The summed E-state index contributed by atoms with van der Waals surface area (Å²) in [6.45, 7) is 27.2. The summed E-state index contributed by atoms with van der Waals surface area (Å²) in [6, 6.07) is 40.6. The number of benzene rings is 4. The fourth-order valence-corrected chi connectivity index (χ4v) is 5.75. The van der Waals surface area contributed by atoms with Gasteiger partial charge in [0.15, 0.2) is 0 Å². The summed E-state index contributed by atoms with van der Waals surface area (Å²) >= 11 is 0. The van der Waals surface area contributed by atoms with Crippen molar-refractivity contribution in [1.82, 2.24) is 5.32 Å². The first-order chi connectivity index (χ1) is 23.4. The van der Waals surface area contributed by atoms with Crippen molar-refractivity contribution in [2.45, 2.75) is 98.4 Å². The molecule has 1 aliphatic carbocycles. The van der Waals surface area contributed by atoms with Crippen LogP contribution in [0.5, 0.6) is 0 Å². The Kier molecular flexibility index (Phi) is 14.7. The molecule has 0 aromatic heterocycles. The quantitative estimate of drug-likeness (QED) is 0.168. The molecule has 0 spiro atoms. The normalized spacial score (nSPS) is 13.8. The summed E-state index contributed by atoms with van der Waals surface area (Å²) in [5, 5.41) is 3.58.